The van der Waals surface area contributed by atoms with Crippen LogP contribution in [-0.4, -0.2) is 21.9 Å². The van der Waals surface area contributed by atoms with Crippen molar-refractivity contribution in [3.63, 3.8) is 0 Å². The van der Waals surface area contributed by atoms with E-state index in [1.54, 1.807) is 54.6 Å². The first kappa shape index (κ1) is 15.1. The Kier molecular flexibility index (Phi) is 3.77. The summed E-state index contributed by atoms with van der Waals surface area (Å²) in [6.45, 7) is 0. The summed E-state index contributed by atoms with van der Waals surface area (Å²) in [5.74, 6) is -0.443. The van der Waals surface area contributed by atoms with Crippen molar-refractivity contribution < 1.29 is 17.9 Å². The second-order valence-corrected chi connectivity index (χ2v) is 4.73. The summed E-state index contributed by atoms with van der Waals surface area (Å²) < 4.78 is 45.2. The highest BCUT2D eigenvalue weighted by Gasteiger charge is 2.37. The predicted molar refractivity (Wildman–Crippen MR) is 78.3 cm³/mol. The van der Waals surface area contributed by atoms with Gasteiger partial charge >= 0.3 is 6.18 Å². The average molecular weight is 319 g/mol. The smallest absolute Gasteiger partial charge is 0.453 e. The van der Waals surface area contributed by atoms with Crippen molar-refractivity contribution in [3.05, 3.63) is 60.4 Å². The Balaban J connectivity index is 2.15. The first-order valence-corrected chi connectivity index (χ1v) is 6.73. The molecular weight excluding hydrogens is 307 g/mol. The Labute approximate surface area is 130 Å². The van der Waals surface area contributed by atoms with Gasteiger partial charge in [-0.1, -0.05) is 30.3 Å². The van der Waals surface area contributed by atoms with Crippen LogP contribution in [0.25, 0.3) is 17.1 Å². The number of alkyl halides is 3. The van der Waals surface area contributed by atoms with Crippen LogP contribution in [0.5, 0.6) is 5.75 Å². The van der Waals surface area contributed by atoms with Crippen LogP contribution in [0.2, 0.25) is 0 Å². The molecule has 3 aromatic rings. The first-order valence-electron chi connectivity index (χ1n) is 6.73. The number of methoxy groups -OCH3 is 1. The maximum Gasteiger partial charge on any atom is 0.453 e. The van der Waals surface area contributed by atoms with Crippen molar-refractivity contribution in [1.29, 1.82) is 0 Å². The fraction of sp³-hybridized carbons (Fsp3) is 0.125. The molecule has 2 aromatic carbocycles. The summed E-state index contributed by atoms with van der Waals surface area (Å²) >= 11 is 0. The number of rotatable bonds is 3. The molecule has 0 amide bonds. The zero-order valence-electron chi connectivity index (χ0n) is 12.1. The number of hydrogen-bond acceptors (Lipinski definition) is 3. The lowest BCUT2D eigenvalue weighted by atomic mass is 10.2. The molecule has 0 unspecified atom stereocenters. The Bertz CT molecular complexity index is 796. The molecule has 0 aliphatic carbocycles. The molecule has 118 valence electrons. The highest BCUT2D eigenvalue weighted by atomic mass is 19.4. The minimum atomic E-state index is -4.61. The number of ether oxygens (including phenoxy) is 1. The van der Waals surface area contributed by atoms with Crippen molar-refractivity contribution in [2.24, 2.45) is 0 Å². The van der Waals surface area contributed by atoms with Crippen LogP contribution in [0.4, 0.5) is 13.2 Å². The lowest BCUT2D eigenvalue weighted by molar-refractivity contribution is -0.144. The highest BCUT2D eigenvalue weighted by Crippen LogP contribution is 2.30. The van der Waals surface area contributed by atoms with Crippen LogP contribution in [0, 0.1) is 0 Å². The number of nitrogens with zero attached hydrogens (tertiary/aromatic N) is 3. The van der Waals surface area contributed by atoms with E-state index in [0.717, 1.165) is 0 Å². The van der Waals surface area contributed by atoms with Crippen molar-refractivity contribution in [2.45, 2.75) is 6.18 Å². The SMILES string of the molecule is COc1ccc(-n2nc(C(F)(F)F)nc2-c2ccccc2)cc1. The van der Waals surface area contributed by atoms with Crippen molar-refractivity contribution in [2.75, 3.05) is 7.11 Å². The second kappa shape index (κ2) is 5.75. The van der Waals surface area contributed by atoms with Crippen LogP contribution in [0.15, 0.2) is 54.6 Å². The summed E-state index contributed by atoms with van der Waals surface area (Å²) in [5.41, 5.74) is 1.01. The van der Waals surface area contributed by atoms with Crippen LogP contribution in [-0.2, 0) is 6.18 Å². The maximum absolute atomic E-state index is 13.0. The van der Waals surface area contributed by atoms with Gasteiger partial charge in [0.25, 0.3) is 5.82 Å². The van der Waals surface area contributed by atoms with Crippen molar-refractivity contribution in [3.8, 4) is 22.8 Å². The molecule has 0 radical (unpaired) electrons. The second-order valence-electron chi connectivity index (χ2n) is 4.73. The minimum absolute atomic E-state index is 0.128. The molecule has 0 bridgehead atoms. The molecule has 1 aromatic heterocycles. The molecule has 3 rings (SSSR count). The maximum atomic E-state index is 13.0. The van der Waals surface area contributed by atoms with Crippen molar-refractivity contribution >= 4 is 0 Å². The van der Waals surface area contributed by atoms with Gasteiger partial charge in [-0.2, -0.15) is 13.2 Å². The van der Waals surface area contributed by atoms with Crippen LogP contribution < -0.4 is 4.74 Å². The highest BCUT2D eigenvalue weighted by molar-refractivity contribution is 5.58. The van der Waals surface area contributed by atoms with Crippen LogP contribution >= 0.6 is 0 Å². The Morgan fingerprint density at radius 3 is 2.17 bits per heavy atom. The zero-order valence-corrected chi connectivity index (χ0v) is 12.1. The molecule has 0 saturated carbocycles. The normalized spacial score (nSPS) is 11.5. The van der Waals surface area contributed by atoms with E-state index < -0.39 is 12.0 Å². The lowest BCUT2D eigenvalue weighted by Crippen LogP contribution is -2.08. The largest absolute Gasteiger partial charge is 0.497 e. The minimum Gasteiger partial charge on any atom is -0.497 e. The molecular formula is C16H12F3N3O. The summed E-state index contributed by atoms with van der Waals surface area (Å²) in [6, 6.07) is 15.2. The summed E-state index contributed by atoms with van der Waals surface area (Å²) in [5, 5.41) is 3.62. The molecule has 0 fully saturated rings. The van der Waals surface area contributed by atoms with E-state index in [4.69, 9.17) is 4.74 Å². The molecule has 0 spiro atoms. The Hall–Kier alpha value is -2.83. The summed E-state index contributed by atoms with van der Waals surface area (Å²) in [6.07, 6.45) is -4.61. The molecule has 0 atom stereocenters. The molecule has 7 heteroatoms. The van der Waals surface area contributed by atoms with Gasteiger partial charge in [0.15, 0.2) is 5.82 Å². The van der Waals surface area contributed by atoms with E-state index in [1.807, 2.05) is 0 Å². The van der Waals surface area contributed by atoms with E-state index in [2.05, 4.69) is 10.1 Å². The molecule has 0 aliphatic rings. The molecule has 23 heavy (non-hydrogen) atoms. The number of halogens is 3. The molecule has 4 nitrogen and oxygen atoms in total. The average Bonchev–Trinajstić information content (AvgIpc) is 3.01. The van der Waals surface area contributed by atoms with E-state index in [9.17, 15) is 13.2 Å². The van der Waals surface area contributed by atoms with Crippen molar-refractivity contribution in [1.82, 2.24) is 14.8 Å². The van der Waals surface area contributed by atoms with Gasteiger partial charge < -0.3 is 4.74 Å². The van der Waals surface area contributed by atoms with Crippen LogP contribution in [0.1, 0.15) is 5.82 Å². The quantitative estimate of drug-likeness (QED) is 0.733. The first-order chi connectivity index (χ1) is 11.0. The summed E-state index contributed by atoms with van der Waals surface area (Å²) in [7, 11) is 1.52. The lowest BCUT2D eigenvalue weighted by Gasteiger charge is -2.07. The zero-order chi connectivity index (χ0) is 16.4. The van der Waals surface area contributed by atoms with E-state index in [-0.39, 0.29) is 5.82 Å². The number of aromatic nitrogens is 3. The van der Waals surface area contributed by atoms with Gasteiger partial charge in [-0.3, -0.25) is 0 Å². The Morgan fingerprint density at radius 1 is 0.957 bits per heavy atom. The Morgan fingerprint density at radius 2 is 1.61 bits per heavy atom. The van der Waals surface area contributed by atoms with E-state index in [0.29, 0.717) is 17.0 Å². The van der Waals surface area contributed by atoms with Gasteiger partial charge in [0.05, 0.1) is 12.8 Å². The van der Waals surface area contributed by atoms with E-state index in [1.165, 1.54) is 11.8 Å². The third-order valence-electron chi connectivity index (χ3n) is 3.21. The third-order valence-corrected chi connectivity index (χ3v) is 3.21. The molecule has 0 N–H and O–H groups in total. The van der Waals surface area contributed by atoms with Gasteiger partial charge in [0.2, 0.25) is 0 Å². The van der Waals surface area contributed by atoms with Gasteiger partial charge in [-0.25, -0.2) is 9.67 Å². The fourth-order valence-electron chi connectivity index (χ4n) is 2.11. The van der Waals surface area contributed by atoms with E-state index >= 15 is 0 Å². The summed E-state index contributed by atoms with van der Waals surface area (Å²) in [4.78, 5) is 3.67. The van der Waals surface area contributed by atoms with Gasteiger partial charge in [-0.15, -0.1) is 5.10 Å². The van der Waals surface area contributed by atoms with Crippen LogP contribution in [0.3, 0.4) is 0 Å². The molecule has 0 saturated heterocycles. The third kappa shape index (κ3) is 3.03. The fourth-order valence-corrected chi connectivity index (χ4v) is 2.11. The van der Waals surface area contributed by atoms with Gasteiger partial charge in [0, 0.05) is 5.56 Å². The molecule has 1 heterocycles. The molecule has 0 aliphatic heterocycles. The van der Waals surface area contributed by atoms with Gasteiger partial charge in [0.1, 0.15) is 5.75 Å². The number of hydrogen-bond donors (Lipinski definition) is 0. The standard InChI is InChI=1S/C16H12F3N3O/c1-23-13-9-7-12(8-10-13)22-14(11-5-3-2-4-6-11)20-15(21-22)16(17,18)19/h2-10H,1H3. The predicted octanol–water partition coefficient (Wildman–Crippen LogP) is 3.96. The topological polar surface area (TPSA) is 39.9 Å². The van der Waals surface area contributed by atoms with Gasteiger partial charge in [-0.05, 0) is 24.3 Å². The number of benzene rings is 2. The monoisotopic (exact) mass is 319 g/mol.